The Labute approximate surface area is 156 Å². The van der Waals surface area contributed by atoms with Crippen molar-refractivity contribution in [3.05, 3.63) is 42.5 Å². The normalized spacial score (nSPS) is 18.3. The number of sulfonamides is 1. The van der Waals surface area contributed by atoms with E-state index in [4.69, 9.17) is 14.2 Å². The summed E-state index contributed by atoms with van der Waals surface area (Å²) in [5, 5.41) is 2.74. The highest BCUT2D eigenvalue weighted by molar-refractivity contribution is 7.92. The standard InChI is InChI=1S/C18H18N2O6S/c1-27(22,23)20-11-17(26-14-5-3-2-4-13(14)20)18(21)19-12-6-7-15-16(10-12)25-9-8-24-15/h2-7,10,17H,8-9,11H2,1H3,(H,19,21). The van der Waals surface area contributed by atoms with Crippen LogP contribution in [0.15, 0.2) is 42.5 Å². The molecular weight excluding hydrogens is 372 g/mol. The maximum atomic E-state index is 12.7. The molecule has 2 heterocycles. The van der Waals surface area contributed by atoms with E-state index in [1.54, 1.807) is 42.5 Å². The van der Waals surface area contributed by atoms with Crippen molar-refractivity contribution in [2.45, 2.75) is 6.10 Å². The second-order valence-corrected chi connectivity index (χ2v) is 8.12. The molecule has 0 aromatic heterocycles. The van der Waals surface area contributed by atoms with E-state index in [-0.39, 0.29) is 6.54 Å². The predicted molar refractivity (Wildman–Crippen MR) is 99.1 cm³/mol. The number of carbonyl (C=O) groups is 1. The number of carbonyl (C=O) groups excluding carboxylic acids is 1. The minimum absolute atomic E-state index is 0.105. The van der Waals surface area contributed by atoms with Gasteiger partial charge in [-0.15, -0.1) is 0 Å². The molecule has 0 bridgehead atoms. The SMILES string of the molecule is CS(=O)(=O)N1CC(C(=O)Nc2ccc3c(c2)OCCO3)Oc2ccccc21. The number of anilines is 2. The average molecular weight is 390 g/mol. The smallest absolute Gasteiger partial charge is 0.267 e. The maximum Gasteiger partial charge on any atom is 0.267 e. The summed E-state index contributed by atoms with van der Waals surface area (Å²) in [6, 6.07) is 11.8. The summed E-state index contributed by atoms with van der Waals surface area (Å²) in [6.45, 7) is 0.817. The number of hydrogen-bond donors (Lipinski definition) is 1. The number of nitrogens with one attached hydrogen (secondary N) is 1. The quantitative estimate of drug-likeness (QED) is 0.856. The average Bonchev–Trinajstić information content (AvgIpc) is 2.66. The zero-order chi connectivity index (χ0) is 19.0. The summed E-state index contributed by atoms with van der Waals surface area (Å²) in [7, 11) is -3.55. The van der Waals surface area contributed by atoms with Crippen molar-refractivity contribution in [3.63, 3.8) is 0 Å². The zero-order valence-electron chi connectivity index (χ0n) is 14.5. The van der Waals surface area contributed by atoms with Crippen LogP contribution in [-0.2, 0) is 14.8 Å². The number of amides is 1. The van der Waals surface area contributed by atoms with Gasteiger partial charge in [0.05, 0.1) is 18.5 Å². The van der Waals surface area contributed by atoms with Gasteiger partial charge >= 0.3 is 0 Å². The lowest BCUT2D eigenvalue weighted by Gasteiger charge is -2.33. The van der Waals surface area contributed by atoms with Crippen LogP contribution in [0.4, 0.5) is 11.4 Å². The first-order chi connectivity index (χ1) is 12.9. The van der Waals surface area contributed by atoms with Gasteiger partial charge < -0.3 is 19.5 Å². The van der Waals surface area contributed by atoms with E-state index in [2.05, 4.69) is 5.32 Å². The van der Waals surface area contributed by atoms with Gasteiger partial charge in [0.15, 0.2) is 17.6 Å². The summed E-state index contributed by atoms with van der Waals surface area (Å²) in [4.78, 5) is 12.7. The third kappa shape index (κ3) is 3.50. The van der Waals surface area contributed by atoms with E-state index in [1.807, 2.05) is 0 Å². The predicted octanol–water partition coefficient (Wildman–Crippen LogP) is 1.62. The molecule has 0 fully saturated rings. The summed E-state index contributed by atoms with van der Waals surface area (Å²) in [6.07, 6.45) is 0.119. The van der Waals surface area contributed by atoms with E-state index >= 15 is 0 Å². The molecule has 142 valence electrons. The Hall–Kier alpha value is -2.94. The summed E-state index contributed by atoms with van der Waals surface area (Å²) >= 11 is 0. The molecule has 1 amide bonds. The lowest BCUT2D eigenvalue weighted by Crippen LogP contribution is -2.48. The summed E-state index contributed by atoms with van der Waals surface area (Å²) in [5.74, 6) is 1.06. The van der Waals surface area contributed by atoms with Gasteiger partial charge in [0, 0.05) is 11.8 Å². The number of para-hydroxylation sites is 2. The molecule has 0 radical (unpaired) electrons. The number of fused-ring (bicyclic) bond motifs is 2. The lowest BCUT2D eigenvalue weighted by molar-refractivity contribution is -0.122. The number of nitrogens with zero attached hydrogens (tertiary/aromatic N) is 1. The molecular formula is C18H18N2O6S. The molecule has 1 atom stereocenters. The molecule has 4 rings (SSSR count). The van der Waals surface area contributed by atoms with E-state index in [1.165, 1.54) is 4.31 Å². The van der Waals surface area contributed by atoms with E-state index < -0.39 is 22.0 Å². The van der Waals surface area contributed by atoms with Crippen LogP contribution in [0.25, 0.3) is 0 Å². The van der Waals surface area contributed by atoms with Gasteiger partial charge in [-0.25, -0.2) is 8.42 Å². The van der Waals surface area contributed by atoms with Crippen molar-refractivity contribution < 1.29 is 27.4 Å². The van der Waals surface area contributed by atoms with Crippen molar-refractivity contribution in [2.24, 2.45) is 0 Å². The van der Waals surface area contributed by atoms with Crippen LogP contribution in [0.2, 0.25) is 0 Å². The minimum atomic E-state index is -3.55. The monoisotopic (exact) mass is 390 g/mol. The van der Waals surface area contributed by atoms with Gasteiger partial charge in [-0.2, -0.15) is 0 Å². The fourth-order valence-corrected chi connectivity index (χ4v) is 3.91. The fourth-order valence-electron chi connectivity index (χ4n) is 3.00. The van der Waals surface area contributed by atoms with Crippen LogP contribution in [0.1, 0.15) is 0 Å². The fraction of sp³-hybridized carbons (Fsp3) is 0.278. The second-order valence-electron chi connectivity index (χ2n) is 6.22. The number of hydrogen-bond acceptors (Lipinski definition) is 6. The molecule has 9 heteroatoms. The van der Waals surface area contributed by atoms with Crippen molar-refractivity contribution in [2.75, 3.05) is 35.6 Å². The Morgan fingerprint density at radius 2 is 1.81 bits per heavy atom. The van der Waals surface area contributed by atoms with E-state index in [0.717, 1.165) is 6.26 Å². The molecule has 0 saturated carbocycles. The Kier molecular flexibility index (Phi) is 4.31. The molecule has 1 N–H and O–H groups in total. The van der Waals surface area contributed by atoms with Gasteiger partial charge in [-0.05, 0) is 24.3 Å². The van der Waals surface area contributed by atoms with E-state index in [0.29, 0.717) is 41.8 Å². The maximum absolute atomic E-state index is 12.7. The molecule has 2 aromatic rings. The number of benzene rings is 2. The lowest BCUT2D eigenvalue weighted by atomic mass is 10.2. The van der Waals surface area contributed by atoms with Gasteiger partial charge in [0.1, 0.15) is 19.0 Å². The molecule has 0 spiro atoms. The van der Waals surface area contributed by atoms with Crippen LogP contribution in [0.3, 0.4) is 0 Å². The molecule has 2 aliphatic heterocycles. The minimum Gasteiger partial charge on any atom is -0.486 e. The first-order valence-corrected chi connectivity index (χ1v) is 10.2. The Morgan fingerprint density at radius 1 is 1.07 bits per heavy atom. The van der Waals surface area contributed by atoms with Gasteiger partial charge in [0.2, 0.25) is 10.0 Å². The van der Waals surface area contributed by atoms with E-state index in [9.17, 15) is 13.2 Å². The highest BCUT2D eigenvalue weighted by atomic mass is 32.2. The van der Waals surface area contributed by atoms with Crippen LogP contribution in [0.5, 0.6) is 17.2 Å². The molecule has 1 unspecified atom stereocenters. The Bertz CT molecular complexity index is 991. The van der Waals surface area contributed by atoms with Gasteiger partial charge in [-0.3, -0.25) is 9.10 Å². The molecule has 2 aromatic carbocycles. The topological polar surface area (TPSA) is 94.2 Å². The van der Waals surface area contributed by atoms with Gasteiger partial charge in [-0.1, -0.05) is 12.1 Å². The third-order valence-corrected chi connectivity index (χ3v) is 5.38. The molecule has 2 aliphatic rings. The summed E-state index contributed by atoms with van der Waals surface area (Å²) in [5.41, 5.74) is 0.931. The number of ether oxygens (including phenoxy) is 3. The zero-order valence-corrected chi connectivity index (χ0v) is 15.4. The van der Waals surface area contributed by atoms with Crippen molar-refractivity contribution in [3.8, 4) is 17.2 Å². The first-order valence-electron chi connectivity index (χ1n) is 8.36. The van der Waals surface area contributed by atoms with Crippen LogP contribution in [0, 0.1) is 0 Å². The van der Waals surface area contributed by atoms with Crippen LogP contribution in [-0.4, -0.2) is 46.4 Å². The van der Waals surface area contributed by atoms with Crippen molar-refractivity contribution >= 4 is 27.3 Å². The van der Waals surface area contributed by atoms with Crippen molar-refractivity contribution in [1.82, 2.24) is 0 Å². The molecule has 0 saturated heterocycles. The molecule has 0 aliphatic carbocycles. The van der Waals surface area contributed by atoms with Gasteiger partial charge in [0.25, 0.3) is 5.91 Å². The third-order valence-electron chi connectivity index (χ3n) is 4.24. The number of rotatable bonds is 3. The Balaban J connectivity index is 1.56. The van der Waals surface area contributed by atoms with Crippen LogP contribution >= 0.6 is 0 Å². The van der Waals surface area contributed by atoms with Crippen LogP contribution < -0.4 is 23.8 Å². The molecule has 27 heavy (non-hydrogen) atoms. The highest BCUT2D eigenvalue weighted by Gasteiger charge is 2.35. The largest absolute Gasteiger partial charge is 0.486 e. The second kappa shape index (κ2) is 6.66. The summed E-state index contributed by atoms with van der Waals surface area (Å²) < 4.78 is 42.2. The first kappa shape index (κ1) is 17.5. The van der Waals surface area contributed by atoms with Crippen molar-refractivity contribution in [1.29, 1.82) is 0 Å². The molecule has 8 nitrogen and oxygen atoms in total. The Morgan fingerprint density at radius 3 is 2.59 bits per heavy atom. The highest BCUT2D eigenvalue weighted by Crippen LogP contribution is 2.35.